The van der Waals surface area contributed by atoms with Crippen molar-refractivity contribution in [2.45, 2.75) is 6.92 Å². The Bertz CT molecular complexity index is 358. The summed E-state index contributed by atoms with van der Waals surface area (Å²) in [5.41, 5.74) is 7.56. The van der Waals surface area contributed by atoms with Gasteiger partial charge in [-0.2, -0.15) is 0 Å². The number of nitrogen functional groups attached to an aromatic ring is 1. The van der Waals surface area contributed by atoms with Crippen LogP contribution in [0, 0.1) is 0 Å². The molecule has 0 aliphatic rings. The predicted octanol–water partition coefficient (Wildman–Crippen LogP) is 1.57. The number of nitrogens with two attached hydrogens (primary N) is 1. The first kappa shape index (κ1) is 10.3. The van der Waals surface area contributed by atoms with Crippen LogP contribution in [0.5, 0.6) is 0 Å². The molecular formula is C11H14N2O. The molecule has 3 nitrogen and oxygen atoms in total. The number of anilines is 1. The fourth-order valence-corrected chi connectivity index (χ4v) is 1.03. The maximum atomic E-state index is 11.5. The first-order valence-corrected chi connectivity index (χ1v) is 4.38. The molecule has 0 aliphatic heterocycles. The molecule has 0 atom stereocenters. The van der Waals surface area contributed by atoms with Crippen molar-refractivity contribution in [1.29, 1.82) is 0 Å². The zero-order chi connectivity index (χ0) is 10.6. The second-order valence-corrected chi connectivity index (χ2v) is 3.23. The van der Waals surface area contributed by atoms with E-state index in [0.29, 0.717) is 17.8 Å². The van der Waals surface area contributed by atoms with Gasteiger partial charge in [0.1, 0.15) is 0 Å². The van der Waals surface area contributed by atoms with Crippen molar-refractivity contribution in [3.8, 4) is 0 Å². The van der Waals surface area contributed by atoms with Crippen LogP contribution in [-0.2, 0) is 0 Å². The summed E-state index contributed by atoms with van der Waals surface area (Å²) >= 11 is 0. The fraction of sp³-hybridized carbons (Fsp3) is 0.182. The van der Waals surface area contributed by atoms with Crippen LogP contribution < -0.4 is 11.1 Å². The Balaban J connectivity index is 2.70. The summed E-state index contributed by atoms with van der Waals surface area (Å²) in [7, 11) is 0. The van der Waals surface area contributed by atoms with E-state index >= 15 is 0 Å². The maximum Gasteiger partial charge on any atom is 0.253 e. The number of benzene rings is 1. The summed E-state index contributed by atoms with van der Waals surface area (Å²) in [6, 6.07) is 6.98. The van der Waals surface area contributed by atoms with E-state index in [4.69, 9.17) is 5.73 Å². The highest BCUT2D eigenvalue weighted by atomic mass is 16.1. The zero-order valence-corrected chi connectivity index (χ0v) is 8.21. The Morgan fingerprint density at radius 2 is 2.14 bits per heavy atom. The molecule has 3 N–H and O–H groups in total. The maximum absolute atomic E-state index is 11.5. The summed E-state index contributed by atoms with van der Waals surface area (Å²) in [4.78, 5) is 11.5. The molecule has 0 radical (unpaired) electrons. The number of para-hydroxylation sites is 1. The average Bonchev–Trinajstić information content (AvgIpc) is 2.15. The minimum Gasteiger partial charge on any atom is -0.398 e. The smallest absolute Gasteiger partial charge is 0.253 e. The van der Waals surface area contributed by atoms with Crippen LogP contribution in [0.3, 0.4) is 0 Å². The van der Waals surface area contributed by atoms with Gasteiger partial charge in [-0.15, -0.1) is 0 Å². The first-order chi connectivity index (χ1) is 6.61. The molecule has 1 rings (SSSR count). The molecule has 0 aliphatic carbocycles. The van der Waals surface area contributed by atoms with E-state index in [2.05, 4.69) is 11.9 Å². The Morgan fingerprint density at radius 3 is 2.71 bits per heavy atom. The predicted molar refractivity (Wildman–Crippen MR) is 58.0 cm³/mol. The molecule has 1 amide bonds. The molecule has 0 spiro atoms. The van der Waals surface area contributed by atoms with Crippen LogP contribution >= 0.6 is 0 Å². The van der Waals surface area contributed by atoms with Crippen LogP contribution in [-0.4, -0.2) is 12.5 Å². The monoisotopic (exact) mass is 190 g/mol. The highest BCUT2D eigenvalue weighted by Crippen LogP contribution is 2.09. The standard InChI is InChI=1S/C11H14N2O/c1-8(2)7-13-11(14)9-5-3-4-6-10(9)12/h3-6H,1,7,12H2,2H3,(H,13,14). The van der Waals surface area contributed by atoms with Gasteiger partial charge in [0.15, 0.2) is 0 Å². The number of rotatable bonds is 3. The lowest BCUT2D eigenvalue weighted by molar-refractivity contribution is 0.0958. The lowest BCUT2D eigenvalue weighted by Crippen LogP contribution is -2.25. The van der Waals surface area contributed by atoms with Gasteiger partial charge in [0.2, 0.25) is 0 Å². The van der Waals surface area contributed by atoms with Gasteiger partial charge in [0, 0.05) is 12.2 Å². The summed E-state index contributed by atoms with van der Waals surface area (Å²) < 4.78 is 0. The van der Waals surface area contributed by atoms with E-state index in [1.807, 2.05) is 6.92 Å². The molecule has 74 valence electrons. The lowest BCUT2D eigenvalue weighted by Gasteiger charge is -2.06. The molecular weight excluding hydrogens is 176 g/mol. The number of hydrogen-bond donors (Lipinski definition) is 2. The fourth-order valence-electron chi connectivity index (χ4n) is 1.03. The van der Waals surface area contributed by atoms with Gasteiger partial charge in [-0.3, -0.25) is 4.79 Å². The Hall–Kier alpha value is -1.77. The summed E-state index contributed by atoms with van der Waals surface area (Å²) in [6.45, 7) is 6.03. The second-order valence-electron chi connectivity index (χ2n) is 3.23. The van der Waals surface area contributed by atoms with Gasteiger partial charge >= 0.3 is 0 Å². The van der Waals surface area contributed by atoms with E-state index in [0.717, 1.165) is 5.57 Å². The zero-order valence-electron chi connectivity index (χ0n) is 8.21. The van der Waals surface area contributed by atoms with E-state index in [1.54, 1.807) is 24.3 Å². The Labute approximate surface area is 83.6 Å². The minimum atomic E-state index is -0.161. The highest BCUT2D eigenvalue weighted by molar-refractivity contribution is 5.99. The largest absolute Gasteiger partial charge is 0.398 e. The molecule has 0 saturated carbocycles. The number of hydrogen-bond acceptors (Lipinski definition) is 2. The van der Waals surface area contributed by atoms with Gasteiger partial charge < -0.3 is 11.1 Å². The van der Waals surface area contributed by atoms with Crippen molar-refractivity contribution in [3.05, 3.63) is 42.0 Å². The average molecular weight is 190 g/mol. The molecule has 0 heterocycles. The van der Waals surface area contributed by atoms with Crippen LogP contribution in [0.2, 0.25) is 0 Å². The molecule has 1 aromatic carbocycles. The van der Waals surface area contributed by atoms with Gasteiger partial charge in [-0.25, -0.2) is 0 Å². The summed E-state index contributed by atoms with van der Waals surface area (Å²) in [6.07, 6.45) is 0. The first-order valence-electron chi connectivity index (χ1n) is 4.38. The number of amides is 1. The topological polar surface area (TPSA) is 55.1 Å². The van der Waals surface area contributed by atoms with Crippen molar-refractivity contribution in [3.63, 3.8) is 0 Å². The van der Waals surface area contributed by atoms with E-state index in [1.165, 1.54) is 0 Å². The highest BCUT2D eigenvalue weighted by Gasteiger charge is 2.07. The summed E-state index contributed by atoms with van der Waals surface area (Å²) in [5, 5.41) is 2.72. The van der Waals surface area contributed by atoms with Gasteiger partial charge in [-0.05, 0) is 19.1 Å². The van der Waals surface area contributed by atoms with Gasteiger partial charge in [-0.1, -0.05) is 24.3 Å². The van der Waals surface area contributed by atoms with Crippen molar-refractivity contribution >= 4 is 11.6 Å². The third-order valence-corrected chi connectivity index (χ3v) is 1.76. The minimum absolute atomic E-state index is 0.161. The quantitative estimate of drug-likeness (QED) is 0.561. The molecule has 0 saturated heterocycles. The normalized spacial score (nSPS) is 9.50. The van der Waals surface area contributed by atoms with Crippen LogP contribution in [0.15, 0.2) is 36.4 Å². The number of carbonyl (C=O) groups is 1. The summed E-state index contributed by atoms with van der Waals surface area (Å²) in [5.74, 6) is -0.161. The molecule has 0 unspecified atom stereocenters. The van der Waals surface area contributed by atoms with Crippen LogP contribution in [0.4, 0.5) is 5.69 Å². The number of carbonyl (C=O) groups excluding carboxylic acids is 1. The van der Waals surface area contributed by atoms with Crippen LogP contribution in [0.25, 0.3) is 0 Å². The third-order valence-electron chi connectivity index (χ3n) is 1.76. The van der Waals surface area contributed by atoms with E-state index in [9.17, 15) is 4.79 Å². The molecule has 0 bridgehead atoms. The van der Waals surface area contributed by atoms with Gasteiger partial charge in [0.05, 0.1) is 5.56 Å². The molecule has 1 aromatic rings. The molecule has 0 fully saturated rings. The van der Waals surface area contributed by atoms with Crippen molar-refractivity contribution in [2.24, 2.45) is 0 Å². The second kappa shape index (κ2) is 4.46. The SMILES string of the molecule is C=C(C)CNC(=O)c1ccccc1N. The van der Waals surface area contributed by atoms with Crippen molar-refractivity contribution < 1.29 is 4.79 Å². The molecule has 14 heavy (non-hydrogen) atoms. The number of nitrogens with one attached hydrogen (secondary N) is 1. The van der Waals surface area contributed by atoms with Crippen molar-refractivity contribution in [2.75, 3.05) is 12.3 Å². The lowest BCUT2D eigenvalue weighted by atomic mass is 10.1. The Kier molecular flexibility index (Phi) is 3.29. The third kappa shape index (κ3) is 2.62. The van der Waals surface area contributed by atoms with Crippen molar-refractivity contribution in [1.82, 2.24) is 5.32 Å². The van der Waals surface area contributed by atoms with E-state index in [-0.39, 0.29) is 5.91 Å². The van der Waals surface area contributed by atoms with Crippen LogP contribution in [0.1, 0.15) is 17.3 Å². The van der Waals surface area contributed by atoms with E-state index < -0.39 is 0 Å². The molecule has 0 aromatic heterocycles. The molecule has 3 heteroatoms. The van der Waals surface area contributed by atoms with Gasteiger partial charge in [0.25, 0.3) is 5.91 Å². The Morgan fingerprint density at radius 1 is 1.50 bits per heavy atom.